The van der Waals surface area contributed by atoms with Gasteiger partial charge in [-0.3, -0.25) is 4.68 Å². The summed E-state index contributed by atoms with van der Waals surface area (Å²) in [5, 5.41) is 5.76. The summed E-state index contributed by atoms with van der Waals surface area (Å²) in [5.41, 5.74) is 7.89. The zero-order valence-electron chi connectivity index (χ0n) is 11.5. The van der Waals surface area contributed by atoms with Crippen molar-refractivity contribution in [2.24, 2.45) is 0 Å². The van der Waals surface area contributed by atoms with E-state index < -0.39 is 0 Å². The lowest BCUT2D eigenvalue weighted by Crippen LogP contribution is -2.35. The summed E-state index contributed by atoms with van der Waals surface area (Å²) in [5.74, 6) is 0. The van der Waals surface area contributed by atoms with Crippen molar-refractivity contribution in [2.75, 3.05) is 25.4 Å². The van der Waals surface area contributed by atoms with E-state index in [1.54, 1.807) is 0 Å². The predicted molar refractivity (Wildman–Crippen MR) is 79.1 cm³/mol. The second kappa shape index (κ2) is 5.21. The molecule has 0 bridgehead atoms. The minimum atomic E-state index is 0.521. The Bertz CT molecular complexity index is 552. The molecule has 19 heavy (non-hydrogen) atoms. The zero-order valence-corrected chi connectivity index (χ0v) is 11.5. The van der Waals surface area contributed by atoms with E-state index in [4.69, 9.17) is 5.73 Å². The van der Waals surface area contributed by atoms with Crippen molar-refractivity contribution in [2.45, 2.75) is 32.2 Å². The molecule has 4 nitrogen and oxygen atoms in total. The molecule has 1 aliphatic rings. The van der Waals surface area contributed by atoms with Gasteiger partial charge >= 0.3 is 0 Å². The smallest absolute Gasteiger partial charge is 0.0706 e. The Balaban J connectivity index is 1.80. The number of hydrogen-bond acceptors (Lipinski definition) is 3. The van der Waals surface area contributed by atoms with Crippen LogP contribution in [-0.2, 0) is 0 Å². The van der Waals surface area contributed by atoms with Gasteiger partial charge in [0.1, 0.15) is 0 Å². The Morgan fingerprint density at radius 2 is 2.11 bits per heavy atom. The minimum absolute atomic E-state index is 0.521. The first-order valence-corrected chi connectivity index (χ1v) is 7.23. The van der Waals surface area contributed by atoms with Crippen LogP contribution in [0, 0.1) is 0 Å². The molecule has 2 aromatic rings. The van der Waals surface area contributed by atoms with Crippen molar-refractivity contribution >= 4 is 16.6 Å². The van der Waals surface area contributed by atoms with Gasteiger partial charge in [-0.2, -0.15) is 5.10 Å². The topological polar surface area (TPSA) is 47.1 Å². The fourth-order valence-electron chi connectivity index (χ4n) is 3.05. The van der Waals surface area contributed by atoms with E-state index in [0.29, 0.717) is 6.04 Å². The highest BCUT2D eigenvalue weighted by Crippen LogP contribution is 2.27. The van der Waals surface area contributed by atoms with Crippen LogP contribution in [0.5, 0.6) is 0 Å². The van der Waals surface area contributed by atoms with Crippen molar-refractivity contribution in [3.63, 3.8) is 0 Å². The lowest BCUT2D eigenvalue weighted by molar-refractivity contribution is 0.182. The second-order valence-electron chi connectivity index (χ2n) is 5.48. The van der Waals surface area contributed by atoms with Crippen LogP contribution >= 0.6 is 0 Å². The molecule has 102 valence electrons. The number of aromatic nitrogens is 2. The molecule has 1 aromatic heterocycles. The SMILES string of the molecule is CCCN1CCC(n2ncc3ccc(N)cc32)CC1. The third-order valence-electron chi connectivity index (χ3n) is 4.07. The number of fused-ring (bicyclic) bond motifs is 1. The number of nitrogen functional groups attached to an aromatic ring is 1. The standard InChI is InChI=1S/C15H22N4/c1-2-7-18-8-5-14(6-9-18)19-15-10-13(16)4-3-12(15)11-17-19/h3-4,10-11,14H,2,5-9,16H2,1H3. The molecule has 1 saturated heterocycles. The molecule has 1 aromatic carbocycles. The summed E-state index contributed by atoms with van der Waals surface area (Å²) >= 11 is 0. The maximum atomic E-state index is 5.89. The molecular weight excluding hydrogens is 236 g/mol. The highest BCUT2D eigenvalue weighted by Gasteiger charge is 2.21. The normalized spacial score (nSPS) is 18.2. The maximum absolute atomic E-state index is 5.89. The number of benzene rings is 1. The maximum Gasteiger partial charge on any atom is 0.0706 e. The van der Waals surface area contributed by atoms with Crippen molar-refractivity contribution in [3.8, 4) is 0 Å². The van der Waals surface area contributed by atoms with Crippen LogP contribution in [0.3, 0.4) is 0 Å². The fourth-order valence-corrected chi connectivity index (χ4v) is 3.05. The van der Waals surface area contributed by atoms with Crippen LogP contribution in [0.4, 0.5) is 5.69 Å². The molecule has 0 amide bonds. The van der Waals surface area contributed by atoms with Crippen LogP contribution in [-0.4, -0.2) is 34.3 Å². The summed E-state index contributed by atoms with van der Waals surface area (Å²) in [6, 6.07) is 6.56. The molecule has 0 atom stereocenters. The molecule has 0 saturated carbocycles. The Morgan fingerprint density at radius 3 is 2.84 bits per heavy atom. The Kier molecular flexibility index (Phi) is 3.42. The van der Waals surface area contributed by atoms with Crippen LogP contribution in [0.2, 0.25) is 0 Å². The zero-order chi connectivity index (χ0) is 13.2. The molecule has 4 heteroatoms. The van der Waals surface area contributed by atoms with E-state index >= 15 is 0 Å². The highest BCUT2D eigenvalue weighted by molar-refractivity contribution is 5.81. The number of likely N-dealkylation sites (tertiary alicyclic amines) is 1. The van der Waals surface area contributed by atoms with E-state index in [1.165, 1.54) is 49.8 Å². The van der Waals surface area contributed by atoms with Gasteiger partial charge in [-0.25, -0.2) is 0 Å². The van der Waals surface area contributed by atoms with Gasteiger partial charge in [-0.05, 0) is 44.0 Å². The van der Waals surface area contributed by atoms with Gasteiger partial charge in [-0.1, -0.05) is 6.92 Å². The average molecular weight is 258 g/mol. The van der Waals surface area contributed by atoms with Crippen LogP contribution in [0.1, 0.15) is 32.2 Å². The van der Waals surface area contributed by atoms with Gasteiger partial charge in [0.05, 0.1) is 17.8 Å². The van der Waals surface area contributed by atoms with Gasteiger partial charge in [0, 0.05) is 24.2 Å². The van der Waals surface area contributed by atoms with Crippen molar-refractivity contribution in [3.05, 3.63) is 24.4 Å². The Labute approximate surface area is 114 Å². The number of rotatable bonds is 3. The lowest BCUT2D eigenvalue weighted by atomic mass is 10.0. The second-order valence-corrected chi connectivity index (χ2v) is 5.48. The van der Waals surface area contributed by atoms with Crippen molar-refractivity contribution in [1.82, 2.24) is 14.7 Å². The monoisotopic (exact) mass is 258 g/mol. The summed E-state index contributed by atoms with van der Waals surface area (Å²) in [6.07, 6.45) is 5.57. The first-order valence-electron chi connectivity index (χ1n) is 7.23. The minimum Gasteiger partial charge on any atom is -0.399 e. The van der Waals surface area contributed by atoms with E-state index in [9.17, 15) is 0 Å². The third kappa shape index (κ3) is 2.45. The van der Waals surface area contributed by atoms with Gasteiger partial charge < -0.3 is 10.6 Å². The molecule has 2 heterocycles. The fraction of sp³-hybridized carbons (Fsp3) is 0.533. The van der Waals surface area contributed by atoms with Crippen LogP contribution < -0.4 is 5.73 Å². The number of anilines is 1. The summed E-state index contributed by atoms with van der Waals surface area (Å²) in [4.78, 5) is 2.55. The van der Waals surface area contributed by atoms with Gasteiger partial charge in [0.2, 0.25) is 0 Å². The molecule has 0 aliphatic carbocycles. The number of nitrogens with zero attached hydrogens (tertiary/aromatic N) is 3. The predicted octanol–water partition coefficient (Wildman–Crippen LogP) is 2.67. The molecule has 0 spiro atoms. The highest BCUT2D eigenvalue weighted by atomic mass is 15.3. The lowest BCUT2D eigenvalue weighted by Gasteiger charge is -2.32. The van der Waals surface area contributed by atoms with E-state index in [1.807, 2.05) is 18.3 Å². The molecule has 1 fully saturated rings. The van der Waals surface area contributed by atoms with E-state index in [2.05, 4.69) is 27.7 Å². The first-order chi connectivity index (χ1) is 9.28. The first kappa shape index (κ1) is 12.5. The summed E-state index contributed by atoms with van der Waals surface area (Å²) < 4.78 is 2.18. The largest absolute Gasteiger partial charge is 0.399 e. The van der Waals surface area contributed by atoms with Gasteiger partial charge in [-0.15, -0.1) is 0 Å². The van der Waals surface area contributed by atoms with Crippen molar-refractivity contribution < 1.29 is 0 Å². The quantitative estimate of drug-likeness (QED) is 0.861. The van der Waals surface area contributed by atoms with Crippen molar-refractivity contribution in [1.29, 1.82) is 0 Å². The summed E-state index contributed by atoms with van der Waals surface area (Å²) in [6.45, 7) is 5.83. The molecule has 2 N–H and O–H groups in total. The molecular formula is C15H22N4. The molecule has 1 aliphatic heterocycles. The molecule has 0 unspecified atom stereocenters. The van der Waals surface area contributed by atoms with E-state index in [0.717, 1.165) is 5.69 Å². The number of nitrogens with two attached hydrogens (primary N) is 1. The number of piperidine rings is 1. The third-order valence-corrected chi connectivity index (χ3v) is 4.07. The van der Waals surface area contributed by atoms with Gasteiger partial charge in [0.15, 0.2) is 0 Å². The average Bonchev–Trinajstić information content (AvgIpc) is 2.83. The Hall–Kier alpha value is -1.55. The molecule has 3 rings (SSSR count). The Morgan fingerprint density at radius 1 is 1.32 bits per heavy atom. The van der Waals surface area contributed by atoms with Gasteiger partial charge in [0.25, 0.3) is 0 Å². The van der Waals surface area contributed by atoms with Crippen LogP contribution in [0.25, 0.3) is 10.9 Å². The summed E-state index contributed by atoms with van der Waals surface area (Å²) in [7, 11) is 0. The van der Waals surface area contributed by atoms with Crippen LogP contribution in [0.15, 0.2) is 24.4 Å². The van der Waals surface area contributed by atoms with E-state index in [-0.39, 0.29) is 0 Å². The number of hydrogen-bond donors (Lipinski definition) is 1. The molecule has 0 radical (unpaired) electrons.